The van der Waals surface area contributed by atoms with Gasteiger partial charge >= 0.3 is 0 Å². The van der Waals surface area contributed by atoms with E-state index in [1.54, 1.807) is 0 Å². The predicted molar refractivity (Wildman–Crippen MR) is 75.7 cm³/mol. The Labute approximate surface area is 120 Å². The van der Waals surface area contributed by atoms with Gasteiger partial charge in [-0.25, -0.2) is 21.0 Å². The van der Waals surface area contributed by atoms with Crippen LogP contribution < -0.4 is 32.6 Å². The Hall–Kier alpha value is -1.39. The minimum absolute atomic E-state index is 0.0927. The van der Waals surface area contributed by atoms with Crippen LogP contribution in [-0.4, -0.2) is 11.0 Å². The van der Waals surface area contributed by atoms with Crippen LogP contribution in [0.5, 0.6) is 0 Å². The monoisotopic (exact) mass is 292 g/mol. The van der Waals surface area contributed by atoms with Crippen LogP contribution in [0.4, 0.5) is 5.00 Å². The Morgan fingerprint density at radius 1 is 1.35 bits per heavy atom. The van der Waals surface area contributed by atoms with Crippen molar-refractivity contribution < 1.29 is 0 Å². The van der Waals surface area contributed by atoms with Gasteiger partial charge in [0.2, 0.25) is 0 Å². The van der Waals surface area contributed by atoms with E-state index in [2.05, 4.69) is 39.6 Å². The van der Waals surface area contributed by atoms with E-state index in [1.807, 2.05) is 21.4 Å². The molecule has 0 saturated carbocycles. The van der Waals surface area contributed by atoms with Crippen LogP contribution in [0, 0.1) is 5.92 Å². The van der Waals surface area contributed by atoms with Crippen LogP contribution in [0.25, 0.3) is 0 Å². The minimum Gasteiger partial charge on any atom is -0.237 e. The molecule has 5 N–H and O–H groups in total. The van der Waals surface area contributed by atoms with Crippen LogP contribution in [0.15, 0.2) is 5.10 Å². The molecule has 0 bridgehead atoms. The molecule has 0 amide bonds. The molecule has 1 aromatic rings. The van der Waals surface area contributed by atoms with E-state index >= 15 is 0 Å². The third-order valence-corrected chi connectivity index (χ3v) is 5.64. The molecule has 3 aliphatic heterocycles. The van der Waals surface area contributed by atoms with Crippen molar-refractivity contribution in [3.05, 3.63) is 16.0 Å². The molecular formula is C11H16N8S. The lowest BCUT2D eigenvalue weighted by Gasteiger charge is -2.34. The Kier molecular flexibility index (Phi) is 2.16. The SMILES string of the molecule is CC1CCc2c(sc3c2C2NNNN2C2=NNNN23)C1. The van der Waals surface area contributed by atoms with Crippen LogP contribution in [-0.2, 0) is 12.8 Å². The molecular weight excluding hydrogens is 276 g/mol. The average molecular weight is 292 g/mol. The number of thiophene rings is 1. The van der Waals surface area contributed by atoms with E-state index in [0.29, 0.717) is 0 Å². The van der Waals surface area contributed by atoms with Gasteiger partial charge in [-0.2, -0.15) is 11.1 Å². The van der Waals surface area contributed by atoms with Crippen molar-refractivity contribution in [1.82, 2.24) is 32.6 Å². The largest absolute Gasteiger partial charge is 0.259 e. The highest BCUT2D eigenvalue weighted by Crippen LogP contribution is 2.47. The maximum absolute atomic E-state index is 4.29. The zero-order chi connectivity index (χ0) is 13.3. The van der Waals surface area contributed by atoms with Gasteiger partial charge in [0.25, 0.3) is 5.96 Å². The Morgan fingerprint density at radius 3 is 3.25 bits per heavy atom. The zero-order valence-corrected chi connectivity index (χ0v) is 11.8. The number of hydrazine groups is 5. The molecule has 9 heteroatoms. The molecule has 106 valence electrons. The zero-order valence-electron chi connectivity index (χ0n) is 11.0. The van der Waals surface area contributed by atoms with Crippen molar-refractivity contribution in [2.24, 2.45) is 11.0 Å². The van der Waals surface area contributed by atoms with Crippen molar-refractivity contribution in [3.8, 4) is 0 Å². The number of nitrogens with one attached hydrogen (secondary N) is 5. The van der Waals surface area contributed by atoms with Crippen molar-refractivity contribution in [2.45, 2.75) is 32.4 Å². The van der Waals surface area contributed by atoms with Crippen LogP contribution >= 0.6 is 11.3 Å². The van der Waals surface area contributed by atoms with Crippen LogP contribution in [0.2, 0.25) is 0 Å². The van der Waals surface area contributed by atoms with Crippen LogP contribution in [0.3, 0.4) is 0 Å². The van der Waals surface area contributed by atoms with Gasteiger partial charge in [0.15, 0.2) is 0 Å². The van der Waals surface area contributed by atoms with Gasteiger partial charge in [0, 0.05) is 10.4 Å². The van der Waals surface area contributed by atoms with E-state index < -0.39 is 0 Å². The summed E-state index contributed by atoms with van der Waals surface area (Å²) in [5.74, 6) is 1.61. The summed E-state index contributed by atoms with van der Waals surface area (Å²) >= 11 is 1.89. The Balaban J connectivity index is 1.71. The summed E-state index contributed by atoms with van der Waals surface area (Å²) in [4.78, 5) is 1.53. The Bertz CT molecular complexity index is 610. The lowest BCUT2D eigenvalue weighted by atomic mass is 9.87. The second kappa shape index (κ2) is 3.83. The van der Waals surface area contributed by atoms with E-state index in [0.717, 1.165) is 11.9 Å². The molecule has 5 rings (SSSR count). The van der Waals surface area contributed by atoms with E-state index in [1.165, 1.54) is 40.3 Å². The molecule has 4 aliphatic rings. The number of hydrogen-bond donors (Lipinski definition) is 5. The van der Waals surface area contributed by atoms with Crippen molar-refractivity contribution in [3.63, 3.8) is 0 Å². The second-order valence-corrected chi connectivity index (χ2v) is 6.78. The lowest BCUT2D eigenvalue weighted by molar-refractivity contribution is 0.287. The quantitative estimate of drug-likeness (QED) is 0.454. The summed E-state index contributed by atoms with van der Waals surface area (Å²) in [6.45, 7) is 2.34. The highest BCUT2D eigenvalue weighted by atomic mass is 32.1. The topological polar surface area (TPSA) is 79.0 Å². The standard InChI is InChI=1S/C11H16N8S/c1-5-2-3-6-7(4-5)20-10-8(6)9-12-14-16-18(9)11-13-15-17-19(10)11/h5,9,12,14-17H,2-4H2,1H3. The smallest absolute Gasteiger partial charge is 0.237 e. The molecule has 0 spiro atoms. The molecule has 0 aromatic carbocycles. The number of nitrogens with zero attached hydrogens (tertiary/aromatic N) is 3. The number of fused-ring (bicyclic) bond motifs is 8. The first-order chi connectivity index (χ1) is 9.83. The van der Waals surface area contributed by atoms with Crippen LogP contribution in [0.1, 0.15) is 35.5 Å². The summed E-state index contributed by atoms with van der Waals surface area (Å²) < 4.78 is 0. The fourth-order valence-corrected chi connectivity index (χ4v) is 4.89. The maximum atomic E-state index is 4.29. The molecule has 1 fully saturated rings. The molecule has 2 unspecified atom stereocenters. The lowest BCUT2D eigenvalue weighted by Crippen LogP contribution is -2.55. The second-order valence-electron chi connectivity index (χ2n) is 5.70. The van der Waals surface area contributed by atoms with E-state index in [-0.39, 0.29) is 6.17 Å². The summed E-state index contributed by atoms with van der Waals surface area (Å²) in [6.07, 6.45) is 3.72. The molecule has 0 radical (unpaired) electrons. The fraction of sp³-hybridized carbons (Fsp3) is 0.545. The first-order valence-electron chi connectivity index (χ1n) is 6.91. The highest BCUT2D eigenvalue weighted by molar-refractivity contribution is 7.16. The van der Waals surface area contributed by atoms with Crippen molar-refractivity contribution in [1.29, 1.82) is 0 Å². The molecule has 20 heavy (non-hydrogen) atoms. The molecule has 4 heterocycles. The first-order valence-corrected chi connectivity index (χ1v) is 7.73. The minimum atomic E-state index is 0.0927. The van der Waals surface area contributed by atoms with Gasteiger partial charge in [-0.3, -0.25) is 0 Å². The van der Waals surface area contributed by atoms with Gasteiger partial charge in [0.1, 0.15) is 11.2 Å². The predicted octanol–water partition coefficient (Wildman–Crippen LogP) is -0.185. The molecule has 2 atom stereocenters. The summed E-state index contributed by atoms with van der Waals surface area (Å²) in [6, 6.07) is 0. The molecule has 1 aliphatic carbocycles. The number of guanidine groups is 1. The third kappa shape index (κ3) is 1.31. The van der Waals surface area contributed by atoms with Crippen molar-refractivity contribution in [2.75, 3.05) is 5.01 Å². The third-order valence-electron chi connectivity index (χ3n) is 4.39. The summed E-state index contributed by atoms with van der Waals surface area (Å²) in [5.41, 5.74) is 18.2. The number of rotatable bonds is 0. The Morgan fingerprint density at radius 2 is 2.30 bits per heavy atom. The maximum Gasteiger partial charge on any atom is 0.259 e. The van der Waals surface area contributed by atoms with Gasteiger partial charge in [-0.1, -0.05) is 6.92 Å². The van der Waals surface area contributed by atoms with E-state index in [4.69, 9.17) is 0 Å². The van der Waals surface area contributed by atoms with E-state index in [9.17, 15) is 0 Å². The number of hydrazone groups is 1. The summed E-state index contributed by atoms with van der Waals surface area (Å²) in [7, 11) is 0. The number of hydrogen-bond acceptors (Lipinski definition) is 9. The highest BCUT2D eigenvalue weighted by Gasteiger charge is 2.45. The number of anilines is 1. The molecule has 1 saturated heterocycles. The fourth-order valence-electron chi connectivity index (χ4n) is 3.39. The summed E-state index contributed by atoms with van der Waals surface area (Å²) in [5, 5.41) is 9.55. The average Bonchev–Trinajstić information content (AvgIpc) is 3.14. The van der Waals surface area contributed by atoms with Gasteiger partial charge < -0.3 is 0 Å². The molecule has 8 nitrogen and oxygen atoms in total. The van der Waals surface area contributed by atoms with Gasteiger partial charge in [-0.15, -0.1) is 22.0 Å². The first kappa shape index (κ1) is 11.3. The molecule has 1 aromatic heterocycles. The van der Waals surface area contributed by atoms with Crippen molar-refractivity contribution >= 4 is 22.3 Å². The van der Waals surface area contributed by atoms with Gasteiger partial charge in [-0.05, 0) is 30.7 Å². The van der Waals surface area contributed by atoms with Gasteiger partial charge in [0.05, 0.1) is 0 Å². The normalized spacial score (nSPS) is 30.4.